The maximum absolute atomic E-state index is 12.4. The normalized spacial score (nSPS) is 11.8. The van der Waals surface area contributed by atoms with Crippen molar-refractivity contribution in [2.45, 2.75) is 51.9 Å². The number of ether oxygens (including phenoxy) is 2. The largest absolute Gasteiger partial charge is 0.494 e. The van der Waals surface area contributed by atoms with Crippen LogP contribution in [0.2, 0.25) is 0 Å². The van der Waals surface area contributed by atoms with E-state index in [4.69, 9.17) is 9.47 Å². The Morgan fingerprint density at radius 3 is 2.34 bits per heavy atom. The molecule has 0 bridgehead atoms. The molecule has 0 saturated carbocycles. The van der Waals surface area contributed by atoms with Gasteiger partial charge >= 0.3 is 0 Å². The van der Waals surface area contributed by atoms with Crippen molar-refractivity contribution in [2.75, 3.05) is 17.7 Å². The van der Waals surface area contributed by atoms with Gasteiger partial charge < -0.3 is 19.4 Å². The number of anilines is 1. The topological polar surface area (TPSA) is 78.3 Å². The van der Waals surface area contributed by atoms with E-state index in [1.54, 1.807) is 0 Å². The molecule has 0 radical (unpaired) electrons. The third-order valence-corrected chi connectivity index (χ3v) is 5.82. The highest BCUT2D eigenvalue weighted by molar-refractivity contribution is 7.99. The molecule has 0 aliphatic heterocycles. The second kappa shape index (κ2) is 11.6. The smallest absolute Gasteiger partial charge is 0.234 e. The summed E-state index contributed by atoms with van der Waals surface area (Å²) in [6.45, 7) is 9.34. The third-order valence-electron chi connectivity index (χ3n) is 4.85. The second-order valence-corrected chi connectivity index (χ2v) is 8.08. The van der Waals surface area contributed by atoms with Crippen LogP contribution in [0.25, 0.3) is 0 Å². The number of amides is 1. The highest BCUT2D eigenvalue weighted by Gasteiger charge is 2.19. The number of rotatable bonds is 11. The van der Waals surface area contributed by atoms with Gasteiger partial charge in [0.25, 0.3) is 0 Å². The van der Waals surface area contributed by atoms with Gasteiger partial charge in [0.05, 0.1) is 12.4 Å². The van der Waals surface area contributed by atoms with Gasteiger partial charge in [-0.2, -0.15) is 0 Å². The van der Waals surface area contributed by atoms with Crippen molar-refractivity contribution in [3.8, 4) is 11.5 Å². The van der Waals surface area contributed by atoms with E-state index in [0.717, 1.165) is 29.4 Å². The fourth-order valence-corrected chi connectivity index (χ4v) is 4.00. The van der Waals surface area contributed by atoms with E-state index < -0.39 is 0 Å². The van der Waals surface area contributed by atoms with Crippen molar-refractivity contribution in [2.24, 2.45) is 0 Å². The molecular weight excluding hydrogens is 424 g/mol. The number of benzene rings is 2. The summed E-state index contributed by atoms with van der Waals surface area (Å²) < 4.78 is 13.5. The molecule has 0 fully saturated rings. The molecule has 0 aliphatic rings. The molecule has 7 nitrogen and oxygen atoms in total. The van der Waals surface area contributed by atoms with Crippen LogP contribution >= 0.6 is 11.8 Å². The van der Waals surface area contributed by atoms with Gasteiger partial charge in [0.2, 0.25) is 5.91 Å². The predicted molar refractivity (Wildman–Crippen MR) is 128 cm³/mol. The summed E-state index contributed by atoms with van der Waals surface area (Å²) in [6.07, 6.45) is 0.731. The number of nitrogens with zero attached hydrogens (tertiary/aromatic N) is 3. The van der Waals surface area contributed by atoms with Crippen LogP contribution in [0.1, 0.15) is 45.2 Å². The quantitative estimate of drug-likeness (QED) is 0.405. The zero-order chi connectivity index (χ0) is 22.9. The summed E-state index contributed by atoms with van der Waals surface area (Å²) in [5.74, 6) is 2.44. The summed E-state index contributed by atoms with van der Waals surface area (Å²) in [7, 11) is 0. The molecule has 0 saturated heterocycles. The molecule has 3 aromatic rings. The van der Waals surface area contributed by atoms with E-state index in [1.165, 1.54) is 17.3 Å². The van der Waals surface area contributed by atoms with Gasteiger partial charge in [-0.3, -0.25) is 4.79 Å². The van der Waals surface area contributed by atoms with Gasteiger partial charge in [-0.1, -0.05) is 30.8 Å². The Morgan fingerprint density at radius 2 is 1.72 bits per heavy atom. The lowest BCUT2D eigenvalue weighted by atomic mass is 10.2. The van der Waals surface area contributed by atoms with Crippen LogP contribution in [-0.2, 0) is 17.8 Å². The van der Waals surface area contributed by atoms with Crippen LogP contribution in [0.5, 0.6) is 11.5 Å². The van der Waals surface area contributed by atoms with Gasteiger partial charge in [0, 0.05) is 12.2 Å². The Kier molecular flexibility index (Phi) is 8.56. The number of aromatic nitrogens is 3. The first-order valence-electron chi connectivity index (χ1n) is 10.9. The zero-order valence-electron chi connectivity index (χ0n) is 19.0. The molecule has 170 valence electrons. The van der Waals surface area contributed by atoms with Crippen LogP contribution in [0.4, 0.5) is 5.69 Å². The Bertz CT molecular complexity index is 1000. The van der Waals surface area contributed by atoms with E-state index in [1.807, 2.05) is 61.7 Å². The van der Waals surface area contributed by atoms with Crippen LogP contribution in [0.15, 0.2) is 53.7 Å². The summed E-state index contributed by atoms with van der Waals surface area (Å²) in [5.41, 5.74) is 2.00. The van der Waals surface area contributed by atoms with Crippen molar-refractivity contribution in [3.05, 3.63) is 59.9 Å². The van der Waals surface area contributed by atoms with Crippen LogP contribution in [0, 0.1) is 0 Å². The lowest BCUT2D eigenvalue weighted by molar-refractivity contribution is -0.113. The van der Waals surface area contributed by atoms with Gasteiger partial charge in [-0.25, -0.2) is 0 Å². The number of nitrogens with one attached hydrogen (secondary N) is 1. The fourth-order valence-electron chi connectivity index (χ4n) is 3.19. The first-order valence-corrected chi connectivity index (χ1v) is 11.9. The third kappa shape index (κ3) is 6.26. The molecule has 1 atom stereocenters. The Balaban J connectivity index is 1.58. The monoisotopic (exact) mass is 454 g/mol. The van der Waals surface area contributed by atoms with Crippen molar-refractivity contribution < 1.29 is 14.3 Å². The lowest BCUT2D eigenvalue weighted by Gasteiger charge is -2.16. The zero-order valence-corrected chi connectivity index (χ0v) is 19.8. The number of carbonyl (C=O) groups excluding carboxylic acids is 1. The van der Waals surface area contributed by atoms with Crippen molar-refractivity contribution in [1.82, 2.24) is 14.8 Å². The molecule has 1 amide bonds. The summed E-state index contributed by atoms with van der Waals surface area (Å²) >= 11 is 1.36. The summed E-state index contributed by atoms with van der Waals surface area (Å²) in [5, 5.41) is 12.2. The average Bonchev–Trinajstić information content (AvgIpc) is 3.23. The van der Waals surface area contributed by atoms with Crippen molar-refractivity contribution >= 4 is 23.4 Å². The SMILES string of the molecule is CCOc1ccc(NC(=O)CSc2nnc([C@H](C)Oc3ccc(CC)cc3)n2CC)cc1. The van der Waals surface area contributed by atoms with Crippen LogP contribution in [0.3, 0.4) is 0 Å². The van der Waals surface area contributed by atoms with Crippen LogP contribution in [-0.4, -0.2) is 33.0 Å². The molecule has 1 N–H and O–H groups in total. The Morgan fingerprint density at radius 1 is 1.03 bits per heavy atom. The molecule has 0 spiro atoms. The highest BCUT2D eigenvalue weighted by atomic mass is 32.2. The number of carbonyl (C=O) groups is 1. The molecule has 0 aliphatic carbocycles. The number of hydrogen-bond donors (Lipinski definition) is 1. The molecule has 8 heteroatoms. The minimum absolute atomic E-state index is 0.105. The first-order chi connectivity index (χ1) is 15.5. The van der Waals surface area contributed by atoms with Gasteiger partial charge in [0.15, 0.2) is 17.1 Å². The molecule has 3 rings (SSSR count). The number of thioether (sulfide) groups is 1. The van der Waals surface area contributed by atoms with Crippen molar-refractivity contribution in [3.63, 3.8) is 0 Å². The molecule has 2 aromatic carbocycles. The minimum Gasteiger partial charge on any atom is -0.494 e. The van der Waals surface area contributed by atoms with E-state index in [2.05, 4.69) is 34.6 Å². The molecule has 32 heavy (non-hydrogen) atoms. The van der Waals surface area contributed by atoms with Gasteiger partial charge in [-0.05, 0) is 69.2 Å². The molecule has 1 heterocycles. The van der Waals surface area contributed by atoms with Crippen molar-refractivity contribution in [1.29, 1.82) is 0 Å². The average molecular weight is 455 g/mol. The minimum atomic E-state index is -0.262. The number of hydrogen-bond acceptors (Lipinski definition) is 6. The molecule has 1 aromatic heterocycles. The first kappa shape index (κ1) is 23.7. The number of aryl methyl sites for hydroxylation is 1. The Labute approximate surface area is 193 Å². The van der Waals surface area contributed by atoms with Gasteiger partial charge in [0.1, 0.15) is 11.5 Å². The fraction of sp³-hybridized carbons (Fsp3) is 0.375. The van der Waals surface area contributed by atoms with E-state index in [-0.39, 0.29) is 17.8 Å². The highest BCUT2D eigenvalue weighted by Crippen LogP contribution is 2.25. The Hall–Kier alpha value is -3.00. The van der Waals surface area contributed by atoms with E-state index in [0.29, 0.717) is 18.3 Å². The van der Waals surface area contributed by atoms with E-state index >= 15 is 0 Å². The standard InChI is InChI=1S/C24H30N4O3S/c1-5-18-8-12-21(13-9-18)31-17(4)23-26-27-24(28(23)6-2)32-16-22(29)25-19-10-14-20(15-11-19)30-7-3/h8-15,17H,5-7,16H2,1-4H3,(H,25,29)/t17-/m0/s1. The lowest BCUT2D eigenvalue weighted by Crippen LogP contribution is -2.15. The predicted octanol–water partition coefficient (Wildman–Crippen LogP) is 5.13. The summed E-state index contributed by atoms with van der Waals surface area (Å²) in [4.78, 5) is 12.4. The van der Waals surface area contributed by atoms with Gasteiger partial charge in [-0.15, -0.1) is 10.2 Å². The molecule has 0 unspecified atom stereocenters. The second-order valence-electron chi connectivity index (χ2n) is 7.14. The maximum Gasteiger partial charge on any atom is 0.234 e. The van der Waals surface area contributed by atoms with Crippen LogP contribution < -0.4 is 14.8 Å². The summed E-state index contributed by atoms with van der Waals surface area (Å²) in [6, 6.07) is 15.4. The molecular formula is C24H30N4O3S. The van der Waals surface area contributed by atoms with E-state index in [9.17, 15) is 4.79 Å². The maximum atomic E-state index is 12.4.